The molecule has 3 heterocycles. The highest BCUT2D eigenvalue weighted by Crippen LogP contribution is 2.32. The van der Waals surface area contributed by atoms with Gasteiger partial charge >= 0.3 is 0 Å². The van der Waals surface area contributed by atoms with E-state index in [0.29, 0.717) is 24.8 Å². The summed E-state index contributed by atoms with van der Waals surface area (Å²) in [4.78, 5) is 8.79. The average Bonchev–Trinajstić information content (AvgIpc) is 3.33. The van der Waals surface area contributed by atoms with E-state index in [9.17, 15) is 4.21 Å². The van der Waals surface area contributed by atoms with Crippen LogP contribution in [0.25, 0.3) is 0 Å². The smallest absolute Gasteiger partial charge is 0.216 e. The molecule has 27 heavy (non-hydrogen) atoms. The molecule has 7 nitrogen and oxygen atoms in total. The van der Waals surface area contributed by atoms with Gasteiger partial charge in [-0.15, -0.1) is 0 Å². The number of benzene rings is 1. The molecule has 0 bridgehead atoms. The first kappa shape index (κ1) is 17.8. The number of nitrogens with zero attached hydrogens (tertiary/aromatic N) is 2. The fourth-order valence-electron chi connectivity index (χ4n) is 3.32. The topological polar surface area (TPSA) is 84.8 Å². The third-order valence-electron chi connectivity index (χ3n) is 4.72. The molecular weight excluding hydrogens is 364 g/mol. The summed E-state index contributed by atoms with van der Waals surface area (Å²) in [5.41, 5.74) is 5.04. The standard InChI is InChI=1S/C19H22N4O3S/c1-11-9-21-16(12(2)17(11)25-3)10-27(24)19-22-14-5-4-13(8-15(14)23-19)18-20-6-7-26-18/h4-5,8-9,19,22-23H,6-7,10H2,1-3H3. The van der Waals surface area contributed by atoms with E-state index in [4.69, 9.17) is 9.47 Å². The normalized spacial score (nSPS) is 18.8. The number of ether oxygens (including phenoxy) is 2. The summed E-state index contributed by atoms with van der Waals surface area (Å²) in [5, 5.41) is 6.58. The van der Waals surface area contributed by atoms with E-state index in [-0.39, 0.29) is 5.50 Å². The summed E-state index contributed by atoms with van der Waals surface area (Å²) < 4.78 is 23.9. The van der Waals surface area contributed by atoms with Crippen LogP contribution in [-0.2, 0) is 21.3 Å². The van der Waals surface area contributed by atoms with Gasteiger partial charge in [-0.05, 0) is 32.0 Å². The van der Waals surface area contributed by atoms with Crippen LogP contribution in [0.4, 0.5) is 11.4 Å². The largest absolute Gasteiger partial charge is 0.496 e. The van der Waals surface area contributed by atoms with Crippen molar-refractivity contribution < 1.29 is 13.7 Å². The second kappa shape index (κ2) is 7.19. The minimum atomic E-state index is -1.21. The van der Waals surface area contributed by atoms with Crippen molar-refractivity contribution in [3.8, 4) is 5.75 Å². The van der Waals surface area contributed by atoms with Gasteiger partial charge in [0.1, 0.15) is 12.4 Å². The van der Waals surface area contributed by atoms with Crippen molar-refractivity contribution in [3.63, 3.8) is 0 Å². The van der Waals surface area contributed by atoms with Crippen molar-refractivity contribution in [3.05, 3.63) is 46.8 Å². The SMILES string of the molecule is COc1c(C)cnc(CS(=O)C2Nc3ccc(C4=NCCO4)cc3N2)c1C. The van der Waals surface area contributed by atoms with Crippen LogP contribution in [0.5, 0.6) is 5.75 Å². The second-order valence-electron chi connectivity index (χ2n) is 6.54. The Kier molecular flexibility index (Phi) is 4.73. The molecule has 8 heteroatoms. The third-order valence-corrected chi connectivity index (χ3v) is 6.04. The molecule has 0 spiro atoms. The van der Waals surface area contributed by atoms with E-state index in [2.05, 4.69) is 20.6 Å². The van der Waals surface area contributed by atoms with Crippen LogP contribution in [0.2, 0.25) is 0 Å². The van der Waals surface area contributed by atoms with Gasteiger partial charge in [0.2, 0.25) is 5.90 Å². The molecule has 4 rings (SSSR count). The zero-order valence-corrected chi connectivity index (χ0v) is 16.4. The maximum absolute atomic E-state index is 12.9. The molecule has 2 N–H and O–H groups in total. The van der Waals surface area contributed by atoms with Gasteiger partial charge in [0.25, 0.3) is 0 Å². The molecular formula is C19H22N4O3S. The van der Waals surface area contributed by atoms with Crippen LogP contribution in [0, 0.1) is 13.8 Å². The Bertz CT molecular complexity index is 945. The number of aryl methyl sites for hydroxylation is 1. The molecule has 0 amide bonds. The minimum absolute atomic E-state index is 0.337. The van der Waals surface area contributed by atoms with Crippen LogP contribution >= 0.6 is 0 Å². The lowest BCUT2D eigenvalue weighted by Gasteiger charge is -2.15. The Hall–Kier alpha value is -2.61. The molecule has 2 unspecified atom stereocenters. The maximum Gasteiger partial charge on any atom is 0.216 e. The van der Waals surface area contributed by atoms with E-state index < -0.39 is 10.8 Å². The minimum Gasteiger partial charge on any atom is -0.496 e. The molecule has 142 valence electrons. The highest BCUT2D eigenvalue weighted by Gasteiger charge is 2.27. The first-order chi connectivity index (χ1) is 13.1. The van der Waals surface area contributed by atoms with E-state index >= 15 is 0 Å². The van der Waals surface area contributed by atoms with Gasteiger partial charge in [0.05, 0.1) is 47.3 Å². The first-order valence-electron chi connectivity index (χ1n) is 8.78. The van der Waals surface area contributed by atoms with Crippen LogP contribution in [0.1, 0.15) is 22.4 Å². The lowest BCUT2D eigenvalue weighted by Crippen LogP contribution is -2.29. The number of fused-ring (bicyclic) bond motifs is 1. The number of hydrogen-bond donors (Lipinski definition) is 2. The van der Waals surface area contributed by atoms with Crippen LogP contribution < -0.4 is 15.4 Å². The molecule has 1 aromatic carbocycles. The van der Waals surface area contributed by atoms with Crippen LogP contribution in [-0.4, -0.2) is 40.8 Å². The van der Waals surface area contributed by atoms with E-state index in [1.807, 2.05) is 32.0 Å². The number of nitrogens with one attached hydrogen (secondary N) is 2. The Morgan fingerprint density at radius 1 is 1.30 bits per heavy atom. The van der Waals surface area contributed by atoms with Gasteiger partial charge in [-0.25, -0.2) is 4.99 Å². The lowest BCUT2D eigenvalue weighted by molar-refractivity contribution is 0.348. The van der Waals surface area contributed by atoms with Gasteiger partial charge in [-0.2, -0.15) is 0 Å². The fourth-order valence-corrected chi connectivity index (χ4v) is 4.56. The first-order valence-corrected chi connectivity index (χ1v) is 10.2. The number of hydrogen-bond acceptors (Lipinski definition) is 7. The second-order valence-corrected chi connectivity index (χ2v) is 8.06. The molecule has 0 saturated carbocycles. The van der Waals surface area contributed by atoms with Gasteiger partial charge < -0.3 is 20.1 Å². The summed E-state index contributed by atoms with van der Waals surface area (Å²) in [7, 11) is 0.432. The monoisotopic (exact) mass is 386 g/mol. The van der Waals surface area contributed by atoms with Crippen molar-refractivity contribution in [2.75, 3.05) is 30.9 Å². The van der Waals surface area contributed by atoms with Crippen molar-refractivity contribution >= 4 is 28.1 Å². The van der Waals surface area contributed by atoms with Crippen molar-refractivity contribution in [2.24, 2.45) is 4.99 Å². The summed E-state index contributed by atoms with van der Waals surface area (Å²) in [6.45, 7) is 5.21. The van der Waals surface area contributed by atoms with Crippen molar-refractivity contribution in [1.29, 1.82) is 0 Å². The number of aliphatic imine (C=N–C) groups is 1. The molecule has 2 aliphatic rings. The van der Waals surface area contributed by atoms with Crippen molar-refractivity contribution in [2.45, 2.75) is 25.1 Å². The fraction of sp³-hybridized carbons (Fsp3) is 0.368. The van der Waals surface area contributed by atoms with Crippen LogP contribution in [0.3, 0.4) is 0 Å². The molecule has 0 saturated heterocycles. The summed E-state index contributed by atoms with van der Waals surface area (Å²) in [6.07, 6.45) is 1.76. The van der Waals surface area contributed by atoms with Gasteiger partial charge in [0, 0.05) is 22.9 Å². The summed E-state index contributed by atoms with van der Waals surface area (Å²) >= 11 is 0. The number of aromatic nitrogens is 1. The predicted molar refractivity (Wildman–Crippen MR) is 107 cm³/mol. The highest BCUT2D eigenvalue weighted by atomic mass is 32.2. The maximum atomic E-state index is 12.9. The Labute approximate surface area is 160 Å². The number of pyridine rings is 1. The highest BCUT2D eigenvalue weighted by molar-refractivity contribution is 7.85. The van der Waals surface area contributed by atoms with Crippen molar-refractivity contribution in [1.82, 2.24) is 4.98 Å². The van der Waals surface area contributed by atoms with Gasteiger partial charge in [-0.3, -0.25) is 9.19 Å². The molecule has 0 aliphatic carbocycles. The molecule has 0 radical (unpaired) electrons. The van der Waals surface area contributed by atoms with E-state index in [1.54, 1.807) is 13.3 Å². The van der Waals surface area contributed by atoms with Gasteiger partial charge in [-0.1, -0.05) is 0 Å². The molecule has 2 aromatic rings. The zero-order valence-electron chi connectivity index (χ0n) is 15.5. The Morgan fingerprint density at radius 2 is 2.11 bits per heavy atom. The zero-order chi connectivity index (χ0) is 19.0. The quantitative estimate of drug-likeness (QED) is 0.822. The number of methoxy groups -OCH3 is 1. The van der Waals surface area contributed by atoms with Crippen LogP contribution in [0.15, 0.2) is 29.4 Å². The van der Waals surface area contributed by atoms with E-state index in [0.717, 1.165) is 39.5 Å². The Balaban J connectivity index is 1.49. The summed E-state index contributed by atoms with van der Waals surface area (Å²) in [6, 6.07) is 5.89. The molecule has 0 fully saturated rings. The van der Waals surface area contributed by atoms with E-state index in [1.165, 1.54) is 0 Å². The lowest BCUT2D eigenvalue weighted by atomic mass is 10.1. The summed E-state index contributed by atoms with van der Waals surface area (Å²) in [5.74, 6) is 1.80. The van der Waals surface area contributed by atoms with Gasteiger partial charge in [0.15, 0.2) is 5.50 Å². The Morgan fingerprint density at radius 3 is 2.85 bits per heavy atom. The molecule has 1 aromatic heterocycles. The number of anilines is 2. The third kappa shape index (κ3) is 3.37. The predicted octanol–water partition coefficient (Wildman–Crippen LogP) is 2.55. The molecule has 2 aliphatic heterocycles. The number of rotatable bonds is 5. The average molecular weight is 386 g/mol. The molecule has 2 atom stereocenters.